The van der Waals surface area contributed by atoms with Gasteiger partial charge in [0.05, 0.1) is 6.10 Å². The molecule has 0 aromatic heterocycles. The van der Waals surface area contributed by atoms with Gasteiger partial charge in [0, 0.05) is 19.0 Å². The van der Waals surface area contributed by atoms with Crippen LogP contribution in [0.25, 0.3) is 0 Å². The average Bonchev–Trinajstić information content (AvgIpc) is 2.72. The number of hydrogen-bond acceptors (Lipinski definition) is 3. The topological polar surface area (TPSA) is 75.3 Å². The van der Waals surface area contributed by atoms with Crippen molar-refractivity contribution in [3.8, 4) is 0 Å². The van der Waals surface area contributed by atoms with Crippen LogP contribution in [0.1, 0.15) is 19.3 Å². The van der Waals surface area contributed by atoms with Gasteiger partial charge in [-0.2, -0.15) is 0 Å². The SMILES string of the molecule is NCCNC(=O)[C@H]1C[C@@H]2C[C@@H]1[C@H](O)C2. The van der Waals surface area contributed by atoms with E-state index in [1.807, 2.05) is 0 Å². The van der Waals surface area contributed by atoms with E-state index in [0.29, 0.717) is 19.0 Å². The van der Waals surface area contributed by atoms with Gasteiger partial charge >= 0.3 is 0 Å². The number of carbonyl (C=O) groups excluding carboxylic acids is 1. The molecule has 2 saturated carbocycles. The standard InChI is InChI=1S/C10H18N2O2/c11-1-2-12-10(14)8-4-6-3-7(8)9(13)5-6/h6-9,13H,1-5,11H2,(H,12,14)/t6-,7-,8-,9+/m0/s1. The second-order valence-electron chi connectivity index (χ2n) is 4.49. The molecule has 2 aliphatic rings. The number of aliphatic hydroxyl groups excluding tert-OH is 1. The van der Waals surface area contributed by atoms with Gasteiger partial charge in [0.15, 0.2) is 0 Å². The molecule has 0 aliphatic heterocycles. The van der Waals surface area contributed by atoms with Crippen molar-refractivity contribution in [3.63, 3.8) is 0 Å². The Morgan fingerprint density at radius 2 is 2.21 bits per heavy atom. The molecule has 4 N–H and O–H groups in total. The summed E-state index contributed by atoms with van der Waals surface area (Å²) in [5, 5.41) is 12.5. The molecule has 80 valence electrons. The summed E-state index contributed by atoms with van der Waals surface area (Å²) in [7, 11) is 0. The molecule has 0 radical (unpaired) electrons. The van der Waals surface area contributed by atoms with Crippen LogP contribution in [0.3, 0.4) is 0 Å². The van der Waals surface area contributed by atoms with Crippen molar-refractivity contribution >= 4 is 5.91 Å². The molecule has 0 aromatic carbocycles. The van der Waals surface area contributed by atoms with Crippen LogP contribution in [0, 0.1) is 17.8 Å². The van der Waals surface area contributed by atoms with Gasteiger partial charge in [-0.25, -0.2) is 0 Å². The molecule has 2 bridgehead atoms. The molecule has 0 unspecified atom stereocenters. The van der Waals surface area contributed by atoms with E-state index >= 15 is 0 Å². The number of hydrogen-bond donors (Lipinski definition) is 3. The minimum atomic E-state index is -0.248. The lowest BCUT2D eigenvalue weighted by atomic mass is 9.86. The molecule has 14 heavy (non-hydrogen) atoms. The van der Waals surface area contributed by atoms with Gasteiger partial charge < -0.3 is 16.2 Å². The molecule has 4 atom stereocenters. The van der Waals surface area contributed by atoms with Crippen molar-refractivity contribution in [2.75, 3.05) is 13.1 Å². The van der Waals surface area contributed by atoms with E-state index in [9.17, 15) is 9.90 Å². The second kappa shape index (κ2) is 3.87. The van der Waals surface area contributed by atoms with E-state index in [1.165, 1.54) is 0 Å². The number of nitrogens with one attached hydrogen (secondary N) is 1. The lowest BCUT2D eigenvalue weighted by Gasteiger charge is -2.24. The molecule has 2 rings (SSSR count). The van der Waals surface area contributed by atoms with Crippen LogP contribution in [-0.2, 0) is 4.79 Å². The smallest absolute Gasteiger partial charge is 0.223 e. The minimum Gasteiger partial charge on any atom is -0.393 e. The van der Waals surface area contributed by atoms with Crippen molar-refractivity contribution in [3.05, 3.63) is 0 Å². The Morgan fingerprint density at radius 1 is 1.43 bits per heavy atom. The first-order valence-corrected chi connectivity index (χ1v) is 5.38. The lowest BCUT2D eigenvalue weighted by molar-refractivity contribution is -0.128. The van der Waals surface area contributed by atoms with Crippen molar-refractivity contribution < 1.29 is 9.90 Å². The zero-order chi connectivity index (χ0) is 10.1. The quantitative estimate of drug-likeness (QED) is 0.570. The van der Waals surface area contributed by atoms with Gasteiger partial charge in [0.1, 0.15) is 0 Å². The maximum absolute atomic E-state index is 11.7. The zero-order valence-electron chi connectivity index (χ0n) is 8.28. The van der Waals surface area contributed by atoms with E-state index in [1.54, 1.807) is 0 Å². The fourth-order valence-electron chi connectivity index (χ4n) is 2.94. The minimum absolute atomic E-state index is 0.0373. The summed E-state index contributed by atoms with van der Waals surface area (Å²) in [6.07, 6.45) is 2.63. The zero-order valence-corrected chi connectivity index (χ0v) is 8.28. The molecule has 4 nitrogen and oxygen atoms in total. The Labute approximate surface area is 83.9 Å². The van der Waals surface area contributed by atoms with Crippen molar-refractivity contribution in [2.45, 2.75) is 25.4 Å². The highest BCUT2D eigenvalue weighted by Crippen LogP contribution is 2.48. The third-order valence-electron chi connectivity index (χ3n) is 3.56. The number of rotatable bonds is 3. The maximum Gasteiger partial charge on any atom is 0.223 e. The lowest BCUT2D eigenvalue weighted by Crippen LogP contribution is -2.39. The first kappa shape index (κ1) is 9.93. The summed E-state index contributed by atoms with van der Waals surface area (Å²) in [6.45, 7) is 1.03. The summed E-state index contributed by atoms with van der Waals surface area (Å²) in [5.74, 6) is 0.901. The maximum atomic E-state index is 11.7. The van der Waals surface area contributed by atoms with Crippen LogP contribution in [0.2, 0.25) is 0 Å². The Kier molecular flexibility index (Phi) is 2.74. The predicted molar refractivity (Wildman–Crippen MR) is 52.4 cm³/mol. The van der Waals surface area contributed by atoms with Gasteiger partial charge in [-0.1, -0.05) is 0 Å². The molecule has 0 saturated heterocycles. The van der Waals surface area contributed by atoms with E-state index in [0.717, 1.165) is 19.3 Å². The second-order valence-corrected chi connectivity index (χ2v) is 4.49. The number of amides is 1. The van der Waals surface area contributed by atoms with E-state index in [2.05, 4.69) is 5.32 Å². The summed E-state index contributed by atoms with van der Waals surface area (Å²) < 4.78 is 0. The number of aliphatic hydroxyl groups is 1. The Balaban J connectivity index is 1.90. The molecule has 2 fully saturated rings. The van der Waals surface area contributed by atoms with Crippen LogP contribution in [0.15, 0.2) is 0 Å². The van der Waals surface area contributed by atoms with Crippen LogP contribution in [-0.4, -0.2) is 30.2 Å². The highest BCUT2D eigenvalue weighted by atomic mass is 16.3. The number of carbonyl (C=O) groups is 1. The number of nitrogens with two attached hydrogens (primary N) is 1. The van der Waals surface area contributed by atoms with Crippen LogP contribution >= 0.6 is 0 Å². The summed E-state index contributed by atoms with van der Waals surface area (Å²) in [6, 6.07) is 0. The molecule has 1 amide bonds. The van der Waals surface area contributed by atoms with Crippen LogP contribution in [0.5, 0.6) is 0 Å². The Morgan fingerprint density at radius 3 is 2.79 bits per heavy atom. The van der Waals surface area contributed by atoms with Crippen molar-refractivity contribution in [2.24, 2.45) is 23.5 Å². The van der Waals surface area contributed by atoms with Crippen molar-refractivity contribution in [1.29, 1.82) is 0 Å². The summed E-state index contributed by atoms with van der Waals surface area (Å²) >= 11 is 0. The van der Waals surface area contributed by atoms with Crippen molar-refractivity contribution in [1.82, 2.24) is 5.32 Å². The third-order valence-corrected chi connectivity index (χ3v) is 3.56. The first-order valence-electron chi connectivity index (χ1n) is 5.38. The molecular weight excluding hydrogens is 180 g/mol. The molecule has 0 spiro atoms. The molecular formula is C10H18N2O2. The predicted octanol–water partition coefficient (Wildman–Crippen LogP) is -0.532. The van der Waals surface area contributed by atoms with Gasteiger partial charge in [-0.05, 0) is 31.1 Å². The van der Waals surface area contributed by atoms with E-state index in [-0.39, 0.29) is 23.8 Å². The Bertz CT molecular complexity index is 232. The number of fused-ring (bicyclic) bond motifs is 2. The summed E-state index contributed by atoms with van der Waals surface area (Å²) in [5.41, 5.74) is 5.31. The van der Waals surface area contributed by atoms with Gasteiger partial charge in [-0.15, -0.1) is 0 Å². The van der Waals surface area contributed by atoms with E-state index in [4.69, 9.17) is 5.73 Å². The monoisotopic (exact) mass is 198 g/mol. The average molecular weight is 198 g/mol. The summed E-state index contributed by atoms with van der Waals surface area (Å²) in [4.78, 5) is 11.7. The Hall–Kier alpha value is -0.610. The largest absolute Gasteiger partial charge is 0.393 e. The fraction of sp³-hybridized carbons (Fsp3) is 0.900. The van der Waals surface area contributed by atoms with Gasteiger partial charge in [0.2, 0.25) is 5.91 Å². The van der Waals surface area contributed by atoms with Crippen LogP contribution in [0.4, 0.5) is 0 Å². The highest BCUT2D eigenvalue weighted by molar-refractivity contribution is 5.79. The normalized spacial score (nSPS) is 40.1. The van der Waals surface area contributed by atoms with Crippen LogP contribution < -0.4 is 11.1 Å². The first-order chi connectivity index (χ1) is 6.72. The molecule has 2 aliphatic carbocycles. The molecule has 0 aromatic rings. The van der Waals surface area contributed by atoms with Gasteiger partial charge in [-0.3, -0.25) is 4.79 Å². The van der Waals surface area contributed by atoms with Gasteiger partial charge in [0.25, 0.3) is 0 Å². The molecule has 0 heterocycles. The fourth-order valence-corrected chi connectivity index (χ4v) is 2.94. The third kappa shape index (κ3) is 1.64. The van der Waals surface area contributed by atoms with E-state index < -0.39 is 0 Å². The highest BCUT2D eigenvalue weighted by Gasteiger charge is 2.48. The molecule has 4 heteroatoms.